The van der Waals surface area contributed by atoms with Crippen molar-refractivity contribution >= 4 is 45.0 Å². The van der Waals surface area contributed by atoms with Gasteiger partial charge in [0.25, 0.3) is 16.0 Å². The van der Waals surface area contributed by atoms with E-state index < -0.39 is 26.9 Å². The monoisotopic (exact) mass is 360 g/mol. The average molecular weight is 361 g/mol. The highest BCUT2D eigenvalue weighted by molar-refractivity contribution is 7.85. The van der Waals surface area contributed by atoms with E-state index in [0.29, 0.717) is 5.56 Å². The van der Waals surface area contributed by atoms with Crippen molar-refractivity contribution in [2.45, 2.75) is 25.2 Å². The van der Waals surface area contributed by atoms with E-state index in [9.17, 15) is 18.0 Å². The fourth-order valence-electron chi connectivity index (χ4n) is 2.05. The Bertz CT molecular complexity index is 795. The minimum absolute atomic E-state index is 0.0637. The first-order valence-corrected chi connectivity index (χ1v) is 8.32. The van der Waals surface area contributed by atoms with Crippen molar-refractivity contribution in [2.75, 3.05) is 11.6 Å². The Morgan fingerprint density at radius 2 is 2.13 bits per heavy atom. The van der Waals surface area contributed by atoms with Crippen LogP contribution in [0.15, 0.2) is 22.1 Å². The van der Waals surface area contributed by atoms with Crippen molar-refractivity contribution in [3.8, 4) is 0 Å². The smallest absolute Gasteiger partial charge is 0.355 e. The second kappa shape index (κ2) is 6.26. The lowest BCUT2D eigenvalue weighted by Gasteiger charge is -2.17. The third-order valence-corrected chi connectivity index (χ3v) is 4.14. The molecule has 1 aromatic carbocycles. The third kappa shape index (κ3) is 3.52. The van der Waals surface area contributed by atoms with Crippen molar-refractivity contribution < 1.29 is 27.3 Å². The van der Waals surface area contributed by atoms with E-state index in [1.54, 1.807) is 6.92 Å². The van der Waals surface area contributed by atoms with Gasteiger partial charge in [0.1, 0.15) is 0 Å². The maximum absolute atomic E-state index is 12.1. The number of amides is 1. The number of hydrazone groups is 1. The van der Waals surface area contributed by atoms with Crippen molar-refractivity contribution in [1.29, 1.82) is 0 Å². The van der Waals surface area contributed by atoms with Gasteiger partial charge in [-0.05, 0) is 31.5 Å². The Kier molecular flexibility index (Phi) is 4.73. The summed E-state index contributed by atoms with van der Waals surface area (Å²) in [4.78, 5) is 23.3. The Balaban J connectivity index is 2.46. The molecule has 124 valence electrons. The second-order valence-electron chi connectivity index (χ2n) is 4.70. The topological polar surface area (TPSA) is 113 Å². The molecule has 0 aliphatic carbocycles. The Morgan fingerprint density at radius 1 is 1.48 bits per heavy atom. The fourth-order valence-corrected chi connectivity index (χ4v) is 3.06. The molecule has 23 heavy (non-hydrogen) atoms. The summed E-state index contributed by atoms with van der Waals surface area (Å²) in [5, 5.41) is 4.73. The van der Waals surface area contributed by atoms with E-state index in [1.807, 2.05) is 0 Å². The van der Waals surface area contributed by atoms with Gasteiger partial charge in [0, 0.05) is 0 Å². The summed E-state index contributed by atoms with van der Waals surface area (Å²) >= 11 is 6.02. The summed E-state index contributed by atoms with van der Waals surface area (Å²) in [7, 11) is -4.43. The Hall–Kier alpha value is -1.97. The molecule has 0 atom stereocenters. The van der Waals surface area contributed by atoms with Crippen LogP contribution in [-0.2, 0) is 24.4 Å². The molecule has 0 bridgehead atoms. The lowest BCUT2D eigenvalue weighted by molar-refractivity contribution is -0.135. The number of nitrogens with zero attached hydrogens (tertiary/aromatic N) is 2. The van der Waals surface area contributed by atoms with Gasteiger partial charge in [0.2, 0.25) is 0 Å². The molecule has 1 aromatic rings. The van der Waals surface area contributed by atoms with Crippen LogP contribution in [-0.4, -0.2) is 37.2 Å². The first-order chi connectivity index (χ1) is 10.6. The van der Waals surface area contributed by atoms with E-state index in [-0.39, 0.29) is 29.4 Å². The van der Waals surface area contributed by atoms with Crippen LogP contribution in [0.2, 0.25) is 5.02 Å². The third-order valence-electron chi connectivity index (χ3n) is 3.02. The molecule has 1 heterocycles. The predicted molar refractivity (Wildman–Crippen MR) is 82.2 cm³/mol. The van der Waals surface area contributed by atoms with E-state index in [0.717, 1.165) is 17.1 Å². The van der Waals surface area contributed by atoms with Gasteiger partial charge in [-0.1, -0.05) is 11.6 Å². The quantitative estimate of drug-likeness (QED) is 0.643. The standard InChI is InChI=1S/C13H13ClN2O6S/c1-3-22-13(18)10-6-11(17)16(15-10)12-7(2)4-8(5-9(12)14)23(19,20)21/h4-5H,3,6H2,1-2H3,(H,19,20,21). The van der Waals surface area contributed by atoms with Crippen LogP contribution in [0.1, 0.15) is 18.9 Å². The first kappa shape index (κ1) is 17.4. The highest BCUT2D eigenvalue weighted by atomic mass is 35.5. The molecule has 0 unspecified atom stereocenters. The molecule has 1 N–H and O–H groups in total. The average Bonchev–Trinajstić information content (AvgIpc) is 2.79. The predicted octanol–water partition coefficient (Wildman–Crippen LogP) is 1.55. The van der Waals surface area contributed by atoms with Gasteiger partial charge in [-0.3, -0.25) is 9.35 Å². The number of rotatable bonds is 4. The second-order valence-corrected chi connectivity index (χ2v) is 6.52. The number of carbonyl (C=O) groups is 2. The minimum atomic E-state index is -4.43. The Labute approximate surface area is 137 Å². The summed E-state index contributed by atoms with van der Waals surface area (Å²) in [6.07, 6.45) is -0.241. The summed E-state index contributed by atoms with van der Waals surface area (Å²) in [5.41, 5.74) is 0.377. The number of hydrogen-bond donors (Lipinski definition) is 1. The number of halogens is 1. The molecule has 0 radical (unpaired) electrons. The molecule has 8 nitrogen and oxygen atoms in total. The van der Waals surface area contributed by atoms with Crippen LogP contribution in [0.5, 0.6) is 0 Å². The van der Waals surface area contributed by atoms with Crippen LogP contribution in [0, 0.1) is 6.92 Å². The molecule has 0 spiro atoms. The van der Waals surface area contributed by atoms with Gasteiger partial charge in [-0.15, -0.1) is 0 Å². The number of carbonyl (C=O) groups excluding carboxylic acids is 2. The van der Waals surface area contributed by atoms with E-state index in [1.165, 1.54) is 6.92 Å². The number of benzene rings is 1. The molecule has 1 aliphatic heterocycles. The van der Waals surface area contributed by atoms with Crippen LogP contribution in [0.25, 0.3) is 0 Å². The fraction of sp³-hybridized carbons (Fsp3) is 0.308. The largest absolute Gasteiger partial charge is 0.461 e. The molecule has 0 aromatic heterocycles. The maximum atomic E-state index is 12.1. The number of esters is 1. The maximum Gasteiger partial charge on any atom is 0.355 e. The van der Waals surface area contributed by atoms with Crippen LogP contribution in [0.3, 0.4) is 0 Å². The zero-order chi connectivity index (χ0) is 17.4. The summed E-state index contributed by atoms with van der Waals surface area (Å²) in [6.45, 7) is 3.28. The lowest BCUT2D eigenvalue weighted by atomic mass is 10.2. The number of aryl methyl sites for hydroxylation is 1. The normalized spacial score (nSPS) is 14.9. The molecule has 1 amide bonds. The minimum Gasteiger partial charge on any atom is -0.461 e. The zero-order valence-electron chi connectivity index (χ0n) is 12.2. The molecule has 1 aliphatic rings. The van der Waals surface area contributed by atoms with Crippen molar-refractivity contribution in [3.63, 3.8) is 0 Å². The summed E-state index contributed by atoms with van der Waals surface area (Å²) in [6, 6.07) is 2.16. The van der Waals surface area contributed by atoms with E-state index in [4.69, 9.17) is 20.9 Å². The molecule has 0 fully saturated rings. The van der Waals surface area contributed by atoms with Crippen LogP contribution < -0.4 is 5.01 Å². The number of ether oxygens (including phenoxy) is 1. The van der Waals surface area contributed by atoms with E-state index in [2.05, 4.69) is 5.10 Å². The van der Waals surface area contributed by atoms with Gasteiger partial charge in [-0.2, -0.15) is 18.5 Å². The molecule has 0 saturated heterocycles. The number of hydrogen-bond acceptors (Lipinski definition) is 6. The number of anilines is 1. The van der Waals surface area contributed by atoms with Gasteiger partial charge in [0.15, 0.2) is 5.71 Å². The SMILES string of the molecule is CCOC(=O)C1=NN(c2c(C)cc(S(=O)(=O)O)cc2Cl)C(=O)C1. The molecule has 10 heteroatoms. The highest BCUT2D eigenvalue weighted by Gasteiger charge is 2.32. The molecular formula is C13H13ClN2O6S. The Morgan fingerprint density at radius 3 is 2.65 bits per heavy atom. The highest BCUT2D eigenvalue weighted by Crippen LogP contribution is 2.34. The first-order valence-electron chi connectivity index (χ1n) is 6.50. The summed E-state index contributed by atoms with van der Waals surface area (Å²) in [5.74, 6) is -1.20. The van der Waals surface area contributed by atoms with E-state index >= 15 is 0 Å². The van der Waals surface area contributed by atoms with Crippen molar-refractivity contribution in [1.82, 2.24) is 0 Å². The van der Waals surface area contributed by atoms with Crippen LogP contribution >= 0.6 is 11.6 Å². The van der Waals surface area contributed by atoms with Crippen LogP contribution in [0.4, 0.5) is 5.69 Å². The van der Waals surface area contributed by atoms with Gasteiger partial charge >= 0.3 is 5.97 Å². The lowest BCUT2D eigenvalue weighted by Crippen LogP contribution is -2.21. The summed E-state index contributed by atoms with van der Waals surface area (Å²) < 4.78 is 36.2. The molecular weight excluding hydrogens is 348 g/mol. The van der Waals surface area contributed by atoms with Gasteiger partial charge in [0.05, 0.1) is 28.6 Å². The van der Waals surface area contributed by atoms with Gasteiger partial charge < -0.3 is 4.74 Å². The molecule has 2 rings (SSSR count). The zero-order valence-corrected chi connectivity index (χ0v) is 13.8. The van der Waals surface area contributed by atoms with Crippen molar-refractivity contribution in [2.24, 2.45) is 5.10 Å². The van der Waals surface area contributed by atoms with Crippen molar-refractivity contribution in [3.05, 3.63) is 22.7 Å². The molecule has 0 saturated carbocycles. The van der Waals surface area contributed by atoms with Gasteiger partial charge in [-0.25, -0.2) is 4.79 Å².